The Labute approximate surface area is 59.3 Å². The summed E-state index contributed by atoms with van der Waals surface area (Å²) >= 11 is 0. The Hall–Kier alpha value is -0.870. The first-order valence-corrected chi connectivity index (χ1v) is 3.18. The minimum atomic E-state index is -0.486. The molecule has 56 valence electrons. The Balaban J connectivity index is 2.40. The van der Waals surface area contributed by atoms with Crippen LogP contribution in [-0.2, 0) is 6.54 Å². The topological polar surface area (TPSA) is 64.1 Å². The molecule has 4 heteroatoms. The van der Waals surface area contributed by atoms with Crippen LogP contribution in [0.1, 0.15) is 0 Å². The molecule has 0 fully saturated rings. The van der Waals surface area contributed by atoms with E-state index < -0.39 is 6.10 Å². The highest BCUT2D eigenvalue weighted by atomic mass is 16.3. The summed E-state index contributed by atoms with van der Waals surface area (Å²) in [6, 6.07) is 1.81. The summed E-state index contributed by atoms with van der Waals surface area (Å²) in [5, 5.41) is 12.9. The molecule has 0 aliphatic carbocycles. The van der Waals surface area contributed by atoms with Crippen molar-refractivity contribution in [2.45, 2.75) is 12.6 Å². The fourth-order valence-electron chi connectivity index (χ4n) is 0.699. The number of aromatic nitrogens is 2. The van der Waals surface area contributed by atoms with Crippen LogP contribution in [0.15, 0.2) is 18.5 Å². The van der Waals surface area contributed by atoms with Crippen LogP contribution in [-0.4, -0.2) is 27.5 Å². The van der Waals surface area contributed by atoms with Gasteiger partial charge < -0.3 is 10.8 Å². The van der Waals surface area contributed by atoms with Crippen LogP contribution in [0.3, 0.4) is 0 Å². The second kappa shape index (κ2) is 3.34. The van der Waals surface area contributed by atoms with Crippen LogP contribution < -0.4 is 5.73 Å². The molecule has 0 spiro atoms. The van der Waals surface area contributed by atoms with Crippen molar-refractivity contribution in [3.05, 3.63) is 18.5 Å². The molecule has 0 aliphatic rings. The molecule has 0 aliphatic heterocycles. The molecule has 0 aromatic carbocycles. The van der Waals surface area contributed by atoms with Gasteiger partial charge in [-0.05, 0) is 6.07 Å². The van der Waals surface area contributed by atoms with E-state index in [1.807, 2.05) is 6.07 Å². The smallest absolute Gasteiger partial charge is 0.0857 e. The van der Waals surface area contributed by atoms with Crippen molar-refractivity contribution in [3.63, 3.8) is 0 Å². The molecule has 3 N–H and O–H groups in total. The molecule has 1 heterocycles. The average Bonchev–Trinajstić information content (AvgIpc) is 2.40. The van der Waals surface area contributed by atoms with E-state index >= 15 is 0 Å². The fraction of sp³-hybridized carbons (Fsp3) is 0.500. The third kappa shape index (κ3) is 1.82. The van der Waals surface area contributed by atoms with Crippen LogP contribution in [0.5, 0.6) is 0 Å². The molecule has 0 saturated heterocycles. The van der Waals surface area contributed by atoms with Crippen molar-refractivity contribution in [1.29, 1.82) is 0 Å². The maximum absolute atomic E-state index is 9.04. The molecule has 4 nitrogen and oxygen atoms in total. The first-order valence-electron chi connectivity index (χ1n) is 3.18. The molecular weight excluding hydrogens is 130 g/mol. The Bertz CT molecular complexity index is 173. The van der Waals surface area contributed by atoms with Crippen molar-refractivity contribution >= 4 is 0 Å². The van der Waals surface area contributed by atoms with Crippen LogP contribution in [0, 0.1) is 0 Å². The van der Waals surface area contributed by atoms with Gasteiger partial charge in [-0.1, -0.05) is 0 Å². The molecule has 0 amide bonds. The van der Waals surface area contributed by atoms with Gasteiger partial charge >= 0.3 is 0 Å². The molecule has 1 aromatic rings. The number of hydrogen-bond donors (Lipinski definition) is 2. The molecule has 1 aromatic heterocycles. The zero-order valence-corrected chi connectivity index (χ0v) is 5.64. The van der Waals surface area contributed by atoms with Gasteiger partial charge in [0.1, 0.15) is 0 Å². The maximum atomic E-state index is 9.04. The summed E-state index contributed by atoms with van der Waals surface area (Å²) in [7, 11) is 0. The summed E-state index contributed by atoms with van der Waals surface area (Å²) < 4.78 is 1.65. The summed E-state index contributed by atoms with van der Waals surface area (Å²) in [5.74, 6) is 0. The number of rotatable bonds is 3. The third-order valence-electron chi connectivity index (χ3n) is 1.23. The standard InChI is InChI=1S/C6H11N3O/c7-4-6(10)5-9-3-1-2-8-9/h1-3,6,10H,4-5,7H2. The highest BCUT2D eigenvalue weighted by Crippen LogP contribution is 1.87. The number of nitrogens with two attached hydrogens (primary N) is 1. The predicted molar refractivity (Wildman–Crippen MR) is 37.3 cm³/mol. The van der Waals surface area contributed by atoms with E-state index in [0.29, 0.717) is 6.54 Å². The lowest BCUT2D eigenvalue weighted by Gasteiger charge is -2.06. The van der Waals surface area contributed by atoms with Gasteiger partial charge in [-0.15, -0.1) is 0 Å². The van der Waals surface area contributed by atoms with Gasteiger partial charge in [0.15, 0.2) is 0 Å². The quantitative estimate of drug-likeness (QED) is 0.579. The summed E-state index contributed by atoms with van der Waals surface area (Å²) in [5.41, 5.74) is 5.20. The first kappa shape index (κ1) is 7.24. The van der Waals surface area contributed by atoms with E-state index in [4.69, 9.17) is 10.8 Å². The van der Waals surface area contributed by atoms with Gasteiger partial charge in [-0.3, -0.25) is 4.68 Å². The SMILES string of the molecule is NCC(O)Cn1cccn1. The van der Waals surface area contributed by atoms with Gasteiger partial charge in [0.2, 0.25) is 0 Å². The molecular formula is C6H11N3O. The molecule has 1 rings (SSSR count). The molecule has 0 saturated carbocycles. The summed E-state index contributed by atoms with van der Waals surface area (Å²) in [4.78, 5) is 0. The van der Waals surface area contributed by atoms with E-state index in [0.717, 1.165) is 0 Å². The number of aliphatic hydroxyl groups excluding tert-OH is 1. The molecule has 0 bridgehead atoms. The van der Waals surface area contributed by atoms with Crippen molar-refractivity contribution < 1.29 is 5.11 Å². The highest BCUT2D eigenvalue weighted by Gasteiger charge is 2.00. The van der Waals surface area contributed by atoms with E-state index in [1.54, 1.807) is 17.1 Å². The second-order valence-corrected chi connectivity index (χ2v) is 2.12. The maximum Gasteiger partial charge on any atom is 0.0857 e. The Kier molecular flexibility index (Phi) is 2.42. The van der Waals surface area contributed by atoms with Gasteiger partial charge in [0.25, 0.3) is 0 Å². The molecule has 10 heavy (non-hydrogen) atoms. The number of aliphatic hydroxyl groups is 1. The molecule has 1 atom stereocenters. The van der Waals surface area contributed by atoms with Crippen LogP contribution >= 0.6 is 0 Å². The summed E-state index contributed by atoms with van der Waals surface area (Å²) in [6.07, 6.45) is 2.97. The lowest BCUT2D eigenvalue weighted by atomic mass is 10.4. The highest BCUT2D eigenvalue weighted by molar-refractivity contribution is 4.78. The Morgan fingerprint density at radius 2 is 2.50 bits per heavy atom. The minimum absolute atomic E-state index is 0.278. The van der Waals surface area contributed by atoms with Crippen LogP contribution in [0.2, 0.25) is 0 Å². The monoisotopic (exact) mass is 141 g/mol. The van der Waals surface area contributed by atoms with Crippen LogP contribution in [0.4, 0.5) is 0 Å². The number of hydrogen-bond acceptors (Lipinski definition) is 3. The van der Waals surface area contributed by atoms with E-state index in [-0.39, 0.29) is 6.54 Å². The van der Waals surface area contributed by atoms with Gasteiger partial charge in [-0.25, -0.2) is 0 Å². The average molecular weight is 141 g/mol. The third-order valence-corrected chi connectivity index (χ3v) is 1.23. The molecule has 1 unspecified atom stereocenters. The van der Waals surface area contributed by atoms with Gasteiger partial charge in [-0.2, -0.15) is 5.10 Å². The van der Waals surface area contributed by atoms with Crippen LogP contribution in [0.25, 0.3) is 0 Å². The first-order chi connectivity index (χ1) is 4.83. The van der Waals surface area contributed by atoms with E-state index in [1.165, 1.54) is 0 Å². The molecule has 0 radical (unpaired) electrons. The zero-order valence-electron chi connectivity index (χ0n) is 5.64. The normalized spacial score (nSPS) is 13.4. The van der Waals surface area contributed by atoms with E-state index in [9.17, 15) is 0 Å². The lowest BCUT2D eigenvalue weighted by Crippen LogP contribution is -2.25. The Morgan fingerprint density at radius 1 is 1.70 bits per heavy atom. The number of nitrogens with zero attached hydrogens (tertiary/aromatic N) is 2. The predicted octanol–water partition coefficient (Wildman–Crippen LogP) is -0.797. The van der Waals surface area contributed by atoms with Crippen molar-refractivity contribution in [3.8, 4) is 0 Å². The second-order valence-electron chi connectivity index (χ2n) is 2.12. The van der Waals surface area contributed by atoms with Gasteiger partial charge in [0, 0.05) is 18.9 Å². The van der Waals surface area contributed by atoms with Crippen molar-refractivity contribution in [2.24, 2.45) is 5.73 Å². The van der Waals surface area contributed by atoms with Crippen molar-refractivity contribution in [1.82, 2.24) is 9.78 Å². The van der Waals surface area contributed by atoms with Crippen molar-refractivity contribution in [2.75, 3.05) is 6.54 Å². The zero-order chi connectivity index (χ0) is 7.40. The Morgan fingerprint density at radius 3 is 3.00 bits per heavy atom. The van der Waals surface area contributed by atoms with Gasteiger partial charge in [0.05, 0.1) is 12.6 Å². The minimum Gasteiger partial charge on any atom is -0.390 e. The lowest BCUT2D eigenvalue weighted by molar-refractivity contribution is 0.157. The largest absolute Gasteiger partial charge is 0.390 e. The summed E-state index contributed by atoms with van der Waals surface area (Å²) in [6.45, 7) is 0.753. The van der Waals surface area contributed by atoms with E-state index in [2.05, 4.69) is 5.10 Å². The fourth-order valence-corrected chi connectivity index (χ4v) is 0.699.